The van der Waals surface area contributed by atoms with Gasteiger partial charge in [0, 0.05) is 35.9 Å². The summed E-state index contributed by atoms with van der Waals surface area (Å²) in [6, 6.07) is 15.0. The number of fused-ring (bicyclic) bond motifs is 1. The summed E-state index contributed by atoms with van der Waals surface area (Å²) in [7, 11) is 1.54. The topological polar surface area (TPSA) is 68.5 Å². The molecular formula is C21H18N4O2. The number of hydrogen-bond acceptors (Lipinski definition) is 4. The first kappa shape index (κ1) is 16.8. The van der Waals surface area contributed by atoms with Crippen LogP contribution in [0.15, 0.2) is 67.1 Å². The standard InChI is InChI=1S/C21H18N4O2/c1-14-4-3-11-25-13-18(24-20(14)25)15-5-8-17(9-6-15)23-21(26)16-7-10-19(27-2)22-12-16/h3-13H,1-2H3,(H,23,26). The van der Waals surface area contributed by atoms with Crippen LogP contribution in [0.5, 0.6) is 5.88 Å². The number of pyridine rings is 2. The number of rotatable bonds is 4. The molecule has 3 heterocycles. The van der Waals surface area contributed by atoms with Gasteiger partial charge >= 0.3 is 0 Å². The second-order valence-electron chi connectivity index (χ2n) is 6.17. The van der Waals surface area contributed by atoms with Crippen LogP contribution in [-0.4, -0.2) is 27.4 Å². The summed E-state index contributed by atoms with van der Waals surface area (Å²) in [5, 5.41) is 2.86. The van der Waals surface area contributed by atoms with Gasteiger partial charge in [0.05, 0.1) is 18.4 Å². The van der Waals surface area contributed by atoms with E-state index in [1.54, 1.807) is 12.1 Å². The van der Waals surface area contributed by atoms with E-state index in [4.69, 9.17) is 9.72 Å². The molecule has 1 aromatic carbocycles. The number of hydrogen-bond donors (Lipinski definition) is 1. The first-order chi connectivity index (χ1) is 13.1. The molecule has 1 N–H and O–H groups in total. The SMILES string of the molecule is COc1ccc(C(=O)Nc2ccc(-c3cn4cccc(C)c4n3)cc2)cn1. The molecule has 0 unspecified atom stereocenters. The number of anilines is 1. The van der Waals surface area contributed by atoms with Crippen LogP contribution in [-0.2, 0) is 0 Å². The highest BCUT2D eigenvalue weighted by Crippen LogP contribution is 2.22. The number of carbonyl (C=O) groups is 1. The Kier molecular flexibility index (Phi) is 4.30. The number of ether oxygens (including phenoxy) is 1. The van der Waals surface area contributed by atoms with Crippen LogP contribution >= 0.6 is 0 Å². The van der Waals surface area contributed by atoms with Crippen molar-refractivity contribution in [3.63, 3.8) is 0 Å². The highest BCUT2D eigenvalue weighted by molar-refractivity contribution is 6.04. The van der Waals surface area contributed by atoms with Crippen molar-refractivity contribution in [3.8, 4) is 17.1 Å². The van der Waals surface area contributed by atoms with Crippen LogP contribution in [0.1, 0.15) is 15.9 Å². The fraction of sp³-hybridized carbons (Fsp3) is 0.0952. The Balaban J connectivity index is 1.52. The van der Waals surface area contributed by atoms with Crippen molar-refractivity contribution >= 4 is 17.2 Å². The average molecular weight is 358 g/mol. The molecule has 0 aliphatic heterocycles. The zero-order valence-electron chi connectivity index (χ0n) is 15.0. The Morgan fingerprint density at radius 3 is 2.59 bits per heavy atom. The molecule has 0 fully saturated rings. The second kappa shape index (κ2) is 6.92. The summed E-state index contributed by atoms with van der Waals surface area (Å²) >= 11 is 0. The van der Waals surface area contributed by atoms with E-state index in [-0.39, 0.29) is 5.91 Å². The minimum absolute atomic E-state index is 0.221. The third-order valence-corrected chi connectivity index (χ3v) is 4.32. The lowest BCUT2D eigenvalue weighted by atomic mass is 10.1. The minimum atomic E-state index is -0.221. The fourth-order valence-corrected chi connectivity index (χ4v) is 2.86. The number of carbonyl (C=O) groups excluding carboxylic acids is 1. The third-order valence-electron chi connectivity index (χ3n) is 4.32. The Hall–Kier alpha value is -3.67. The van der Waals surface area contributed by atoms with Crippen LogP contribution in [0.4, 0.5) is 5.69 Å². The maximum atomic E-state index is 12.3. The van der Waals surface area contributed by atoms with Crippen molar-refractivity contribution in [2.24, 2.45) is 0 Å². The smallest absolute Gasteiger partial charge is 0.257 e. The summed E-state index contributed by atoms with van der Waals surface area (Å²) in [6.07, 6.45) is 5.47. The van der Waals surface area contributed by atoms with Gasteiger partial charge in [0.15, 0.2) is 0 Å². The van der Waals surface area contributed by atoms with Gasteiger partial charge in [0.2, 0.25) is 5.88 Å². The molecule has 6 nitrogen and oxygen atoms in total. The van der Waals surface area contributed by atoms with E-state index in [1.807, 2.05) is 60.1 Å². The molecule has 0 aliphatic carbocycles. The molecule has 3 aromatic heterocycles. The molecule has 4 aromatic rings. The van der Waals surface area contributed by atoms with Crippen molar-refractivity contribution in [2.45, 2.75) is 6.92 Å². The number of imidazole rings is 1. The molecular weight excluding hydrogens is 340 g/mol. The molecule has 0 spiro atoms. The number of aryl methyl sites for hydroxylation is 1. The highest BCUT2D eigenvalue weighted by atomic mass is 16.5. The maximum Gasteiger partial charge on any atom is 0.257 e. The van der Waals surface area contributed by atoms with E-state index in [2.05, 4.69) is 10.3 Å². The van der Waals surface area contributed by atoms with Crippen LogP contribution < -0.4 is 10.1 Å². The van der Waals surface area contributed by atoms with Gasteiger partial charge in [-0.2, -0.15) is 0 Å². The molecule has 0 saturated carbocycles. The fourth-order valence-electron chi connectivity index (χ4n) is 2.86. The Morgan fingerprint density at radius 2 is 1.93 bits per heavy atom. The summed E-state index contributed by atoms with van der Waals surface area (Å²) in [4.78, 5) is 21.1. The van der Waals surface area contributed by atoms with Gasteiger partial charge in [-0.3, -0.25) is 4.79 Å². The number of benzene rings is 1. The molecule has 0 aliphatic rings. The Labute approximate surface area is 156 Å². The van der Waals surface area contributed by atoms with E-state index in [1.165, 1.54) is 13.3 Å². The lowest BCUT2D eigenvalue weighted by Gasteiger charge is -2.06. The molecule has 1 amide bonds. The molecule has 27 heavy (non-hydrogen) atoms. The van der Waals surface area contributed by atoms with Gasteiger partial charge in [-0.05, 0) is 36.8 Å². The van der Waals surface area contributed by atoms with E-state index < -0.39 is 0 Å². The first-order valence-electron chi connectivity index (χ1n) is 8.50. The van der Waals surface area contributed by atoms with Gasteiger partial charge in [0.1, 0.15) is 5.65 Å². The maximum absolute atomic E-state index is 12.3. The molecule has 4 rings (SSSR count). The second-order valence-corrected chi connectivity index (χ2v) is 6.17. The van der Waals surface area contributed by atoms with Crippen molar-refractivity contribution in [1.29, 1.82) is 0 Å². The van der Waals surface area contributed by atoms with E-state index in [0.29, 0.717) is 17.1 Å². The van der Waals surface area contributed by atoms with Crippen molar-refractivity contribution < 1.29 is 9.53 Å². The molecule has 134 valence electrons. The van der Waals surface area contributed by atoms with Gasteiger partial charge in [-0.1, -0.05) is 18.2 Å². The predicted octanol–water partition coefficient (Wildman–Crippen LogP) is 3.97. The summed E-state index contributed by atoms with van der Waals surface area (Å²) in [5.41, 5.74) is 5.12. The van der Waals surface area contributed by atoms with Gasteiger partial charge in [-0.15, -0.1) is 0 Å². The predicted molar refractivity (Wildman–Crippen MR) is 104 cm³/mol. The summed E-state index contributed by atoms with van der Waals surface area (Å²) in [5.74, 6) is 0.250. The van der Waals surface area contributed by atoms with E-state index >= 15 is 0 Å². The van der Waals surface area contributed by atoms with E-state index in [9.17, 15) is 4.79 Å². The first-order valence-corrected chi connectivity index (χ1v) is 8.50. The van der Waals surface area contributed by atoms with Gasteiger partial charge < -0.3 is 14.5 Å². The van der Waals surface area contributed by atoms with Crippen LogP contribution in [0.25, 0.3) is 16.9 Å². The molecule has 0 atom stereocenters. The number of nitrogens with one attached hydrogen (secondary N) is 1. The van der Waals surface area contributed by atoms with Crippen molar-refractivity contribution in [2.75, 3.05) is 12.4 Å². The lowest BCUT2D eigenvalue weighted by molar-refractivity contribution is 0.102. The molecule has 0 bridgehead atoms. The van der Waals surface area contributed by atoms with Crippen LogP contribution in [0.2, 0.25) is 0 Å². The largest absolute Gasteiger partial charge is 0.481 e. The lowest BCUT2D eigenvalue weighted by Crippen LogP contribution is -2.12. The number of nitrogens with zero attached hydrogens (tertiary/aromatic N) is 3. The number of amides is 1. The van der Waals surface area contributed by atoms with Gasteiger partial charge in [-0.25, -0.2) is 9.97 Å². The van der Waals surface area contributed by atoms with Crippen LogP contribution in [0.3, 0.4) is 0 Å². The third kappa shape index (κ3) is 3.37. The number of methoxy groups -OCH3 is 1. The average Bonchev–Trinajstić information content (AvgIpc) is 3.14. The van der Waals surface area contributed by atoms with Crippen molar-refractivity contribution in [3.05, 3.63) is 78.2 Å². The summed E-state index contributed by atoms with van der Waals surface area (Å²) < 4.78 is 7.01. The normalized spacial score (nSPS) is 10.7. The van der Waals surface area contributed by atoms with Gasteiger partial charge in [0.25, 0.3) is 5.91 Å². The zero-order valence-corrected chi connectivity index (χ0v) is 15.0. The minimum Gasteiger partial charge on any atom is -0.481 e. The molecule has 0 radical (unpaired) electrons. The highest BCUT2D eigenvalue weighted by Gasteiger charge is 2.09. The quantitative estimate of drug-likeness (QED) is 0.599. The van der Waals surface area contributed by atoms with E-state index in [0.717, 1.165) is 22.5 Å². The molecule has 6 heteroatoms. The zero-order chi connectivity index (χ0) is 18.8. The Morgan fingerprint density at radius 1 is 1.11 bits per heavy atom. The van der Waals surface area contributed by atoms with Crippen molar-refractivity contribution in [1.82, 2.24) is 14.4 Å². The molecule has 0 saturated heterocycles. The summed E-state index contributed by atoms with van der Waals surface area (Å²) in [6.45, 7) is 2.04. The number of aromatic nitrogens is 3. The monoisotopic (exact) mass is 358 g/mol. The Bertz CT molecular complexity index is 1100. The van der Waals surface area contributed by atoms with Crippen LogP contribution in [0, 0.1) is 6.92 Å².